The zero-order valence-electron chi connectivity index (χ0n) is 10.1. The predicted octanol–water partition coefficient (Wildman–Crippen LogP) is 4.11. The van der Waals surface area contributed by atoms with E-state index in [1.54, 1.807) is 0 Å². The van der Waals surface area contributed by atoms with Gasteiger partial charge in [0.05, 0.1) is 5.56 Å². The first-order valence-electron chi connectivity index (χ1n) is 5.60. The van der Waals surface area contributed by atoms with Gasteiger partial charge in [0.2, 0.25) is 5.69 Å². The van der Waals surface area contributed by atoms with Crippen LogP contribution in [-0.2, 0) is 6.18 Å². The summed E-state index contributed by atoms with van der Waals surface area (Å²) in [6.07, 6.45) is -3.46. The lowest BCUT2D eigenvalue weighted by Gasteiger charge is -2.07. The van der Waals surface area contributed by atoms with Crippen molar-refractivity contribution in [2.75, 3.05) is 0 Å². The third kappa shape index (κ3) is 3.34. The van der Waals surface area contributed by atoms with Gasteiger partial charge in [0.15, 0.2) is 6.21 Å². The third-order valence-corrected chi connectivity index (χ3v) is 2.56. The van der Waals surface area contributed by atoms with Gasteiger partial charge in [-0.1, -0.05) is 6.07 Å². The van der Waals surface area contributed by atoms with Crippen molar-refractivity contribution >= 4 is 11.9 Å². The van der Waals surface area contributed by atoms with Crippen LogP contribution in [-0.4, -0.2) is 11.0 Å². The van der Waals surface area contributed by atoms with Crippen LogP contribution < -0.4 is 0 Å². The van der Waals surface area contributed by atoms with E-state index in [-0.39, 0.29) is 11.3 Å². The summed E-state index contributed by atoms with van der Waals surface area (Å²) in [6, 6.07) is 9.06. The molecule has 0 unspecified atom stereocenters. The molecule has 0 radical (unpaired) electrons. The summed E-state index contributed by atoms with van der Waals surface area (Å²) in [6.45, 7) is 0. The highest BCUT2D eigenvalue weighted by Gasteiger charge is 2.30. The summed E-state index contributed by atoms with van der Waals surface area (Å²) in [5, 5.41) is 11.7. The summed E-state index contributed by atoms with van der Waals surface area (Å²) >= 11 is 0. The van der Waals surface area contributed by atoms with Gasteiger partial charge in [-0.25, -0.2) is 4.39 Å². The SMILES string of the molecule is [O-]/[N+](=C\c1cccc(C(F)(F)F)c1)c1ccc(F)cc1. The number of hydrogen-bond acceptors (Lipinski definition) is 1. The number of hydrogen-bond donors (Lipinski definition) is 0. The molecule has 0 saturated heterocycles. The minimum Gasteiger partial charge on any atom is -0.618 e. The van der Waals surface area contributed by atoms with Crippen molar-refractivity contribution in [3.63, 3.8) is 0 Å². The number of alkyl halides is 3. The molecule has 0 amide bonds. The van der Waals surface area contributed by atoms with Crippen LogP contribution in [0, 0.1) is 11.0 Å². The summed E-state index contributed by atoms with van der Waals surface area (Å²) in [7, 11) is 0. The van der Waals surface area contributed by atoms with Crippen molar-refractivity contribution in [1.29, 1.82) is 0 Å². The van der Waals surface area contributed by atoms with Gasteiger partial charge in [0.1, 0.15) is 5.82 Å². The standard InChI is InChI=1S/C14H9F4NO/c15-12-4-6-13(7-5-12)19(20)9-10-2-1-3-11(8-10)14(16,17)18/h1-9H/b19-9-. The van der Waals surface area contributed by atoms with Gasteiger partial charge >= 0.3 is 6.18 Å². The Bertz CT molecular complexity index is 632. The maximum atomic E-state index is 12.7. The van der Waals surface area contributed by atoms with Crippen LogP contribution in [0.15, 0.2) is 48.5 Å². The Morgan fingerprint density at radius 2 is 1.65 bits per heavy atom. The quantitative estimate of drug-likeness (QED) is 0.268. The van der Waals surface area contributed by atoms with E-state index in [1.807, 2.05) is 0 Å². The minimum absolute atomic E-state index is 0.110. The fraction of sp³-hybridized carbons (Fsp3) is 0.0714. The van der Waals surface area contributed by atoms with Crippen LogP contribution in [0.2, 0.25) is 0 Å². The molecular formula is C14H9F4NO. The van der Waals surface area contributed by atoms with Gasteiger partial charge in [0.25, 0.3) is 0 Å². The molecule has 0 saturated carbocycles. The molecule has 104 valence electrons. The summed E-state index contributed by atoms with van der Waals surface area (Å²) in [4.78, 5) is 0. The summed E-state index contributed by atoms with van der Waals surface area (Å²) in [5.41, 5.74) is -0.596. The molecule has 0 aliphatic rings. The molecule has 0 bridgehead atoms. The van der Waals surface area contributed by atoms with Crippen molar-refractivity contribution in [3.05, 3.63) is 70.7 Å². The van der Waals surface area contributed by atoms with E-state index >= 15 is 0 Å². The topological polar surface area (TPSA) is 26.1 Å². The summed E-state index contributed by atoms with van der Waals surface area (Å²) < 4.78 is 50.7. The molecule has 0 N–H and O–H groups in total. The fourth-order valence-electron chi connectivity index (χ4n) is 1.59. The van der Waals surface area contributed by atoms with Gasteiger partial charge in [-0.05, 0) is 30.3 Å². The lowest BCUT2D eigenvalue weighted by atomic mass is 10.1. The molecule has 20 heavy (non-hydrogen) atoms. The Labute approximate surface area is 112 Å². The highest BCUT2D eigenvalue weighted by atomic mass is 19.4. The molecule has 0 heterocycles. The van der Waals surface area contributed by atoms with Crippen molar-refractivity contribution in [3.8, 4) is 0 Å². The molecule has 2 aromatic carbocycles. The van der Waals surface area contributed by atoms with Crippen LogP contribution in [0.25, 0.3) is 0 Å². The second-order valence-corrected chi connectivity index (χ2v) is 4.05. The van der Waals surface area contributed by atoms with Crippen molar-refractivity contribution in [1.82, 2.24) is 0 Å². The first-order chi connectivity index (χ1) is 9.36. The maximum absolute atomic E-state index is 12.7. The van der Waals surface area contributed by atoms with Crippen molar-refractivity contribution in [2.24, 2.45) is 0 Å². The molecule has 0 aliphatic carbocycles. The highest BCUT2D eigenvalue weighted by Crippen LogP contribution is 2.29. The first-order valence-corrected chi connectivity index (χ1v) is 5.60. The Balaban J connectivity index is 2.33. The van der Waals surface area contributed by atoms with Gasteiger partial charge in [-0.3, -0.25) is 0 Å². The van der Waals surface area contributed by atoms with E-state index in [4.69, 9.17) is 0 Å². The lowest BCUT2D eigenvalue weighted by Crippen LogP contribution is -2.06. The predicted molar refractivity (Wildman–Crippen MR) is 66.3 cm³/mol. The van der Waals surface area contributed by atoms with Crippen LogP contribution >= 0.6 is 0 Å². The number of benzene rings is 2. The molecule has 2 aromatic rings. The second kappa shape index (κ2) is 5.32. The Morgan fingerprint density at radius 1 is 1.00 bits per heavy atom. The molecule has 0 atom stereocenters. The van der Waals surface area contributed by atoms with E-state index in [0.29, 0.717) is 4.74 Å². The number of rotatable bonds is 2. The van der Waals surface area contributed by atoms with E-state index in [0.717, 1.165) is 30.5 Å². The van der Waals surface area contributed by atoms with E-state index in [9.17, 15) is 22.8 Å². The Hall–Kier alpha value is -2.37. The molecule has 0 spiro atoms. The second-order valence-electron chi connectivity index (χ2n) is 4.05. The van der Waals surface area contributed by atoms with E-state index in [2.05, 4.69) is 0 Å². The number of halogens is 4. The molecule has 0 aromatic heterocycles. The first kappa shape index (κ1) is 14.0. The Kier molecular flexibility index (Phi) is 3.74. The van der Waals surface area contributed by atoms with E-state index < -0.39 is 17.6 Å². The van der Waals surface area contributed by atoms with Crippen LogP contribution in [0.5, 0.6) is 0 Å². The summed E-state index contributed by atoms with van der Waals surface area (Å²) in [5.74, 6) is -0.499. The Morgan fingerprint density at radius 3 is 2.25 bits per heavy atom. The zero-order chi connectivity index (χ0) is 14.8. The van der Waals surface area contributed by atoms with Crippen LogP contribution in [0.4, 0.5) is 23.2 Å². The largest absolute Gasteiger partial charge is 0.618 e. The van der Waals surface area contributed by atoms with E-state index in [1.165, 1.54) is 24.3 Å². The molecule has 6 heteroatoms. The highest BCUT2D eigenvalue weighted by molar-refractivity contribution is 5.77. The van der Waals surface area contributed by atoms with Crippen LogP contribution in [0.1, 0.15) is 11.1 Å². The normalized spacial score (nSPS) is 12.5. The van der Waals surface area contributed by atoms with Gasteiger partial charge < -0.3 is 5.21 Å². The third-order valence-electron chi connectivity index (χ3n) is 2.56. The van der Waals surface area contributed by atoms with Crippen molar-refractivity contribution < 1.29 is 22.3 Å². The van der Waals surface area contributed by atoms with Gasteiger partial charge in [-0.2, -0.15) is 17.9 Å². The molecular weight excluding hydrogens is 274 g/mol. The van der Waals surface area contributed by atoms with Gasteiger partial charge in [0, 0.05) is 17.7 Å². The zero-order valence-corrected chi connectivity index (χ0v) is 10.1. The molecule has 0 fully saturated rings. The average molecular weight is 283 g/mol. The molecule has 2 rings (SSSR count). The molecule has 0 aliphatic heterocycles. The van der Waals surface area contributed by atoms with Crippen LogP contribution in [0.3, 0.4) is 0 Å². The number of nitrogens with zero attached hydrogens (tertiary/aromatic N) is 1. The minimum atomic E-state index is -4.46. The lowest BCUT2D eigenvalue weighted by molar-refractivity contribution is -0.354. The smallest absolute Gasteiger partial charge is 0.416 e. The average Bonchev–Trinajstić information content (AvgIpc) is 2.38. The molecule has 2 nitrogen and oxygen atoms in total. The van der Waals surface area contributed by atoms with Gasteiger partial charge in [-0.15, -0.1) is 0 Å². The van der Waals surface area contributed by atoms with Crippen molar-refractivity contribution in [2.45, 2.75) is 6.18 Å². The monoisotopic (exact) mass is 283 g/mol. The fourth-order valence-corrected chi connectivity index (χ4v) is 1.59. The maximum Gasteiger partial charge on any atom is 0.416 e.